The van der Waals surface area contributed by atoms with Crippen molar-refractivity contribution in [1.29, 1.82) is 0 Å². The summed E-state index contributed by atoms with van der Waals surface area (Å²) in [4.78, 5) is 25.3. The van der Waals surface area contributed by atoms with E-state index in [1.165, 1.54) is 4.88 Å². The number of nitrogens with zero attached hydrogens (tertiary/aromatic N) is 4. The molecule has 0 saturated carbocycles. The van der Waals surface area contributed by atoms with E-state index in [1.807, 2.05) is 36.6 Å². The zero-order valence-electron chi connectivity index (χ0n) is 14.7. The number of anilines is 1. The van der Waals surface area contributed by atoms with Crippen molar-refractivity contribution in [2.24, 2.45) is 0 Å². The molecule has 6 nitrogen and oxygen atoms in total. The quantitative estimate of drug-likeness (QED) is 0.784. The summed E-state index contributed by atoms with van der Waals surface area (Å²) in [5, 5.41) is 3.67. The molecule has 7 heteroatoms. The maximum Gasteiger partial charge on any atom is 0.232 e. The molecule has 0 fully saturated rings. The number of hydrogen-bond donors (Lipinski definition) is 1. The van der Waals surface area contributed by atoms with Crippen molar-refractivity contribution in [2.45, 2.75) is 33.2 Å². The first-order valence-electron chi connectivity index (χ1n) is 8.41. The van der Waals surface area contributed by atoms with Crippen LogP contribution in [0.2, 0.25) is 0 Å². The van der Waals surface area contributed by atoms with E-state index in [2.05, 4.69) is 27.2 Å². The Hall–Kier alpha value is -2.25. The molecule has 0 unspecified atom stereocenters. The van der Waals surface area contributed by atoms with Crippen molar-refractivity contribution in [3.05, 3.63) is 45.9 Å². The van der Waals surface area contributed by atoms with Crippen LogP contribution in [-0.2, 0) is 24.2 Å². The van der Waals surface area contributed by atoms with Gasteiger partial charge in [-0.25, -0.2) is 9.97 Å². The molecule has 4 heterocycles. The fourth-order valence-electron chi connectivity index (χ4n) is 3.27. The zero-order chi connectivity index (χ0) is 17.6. The fourth-order valence-corrected chi connectivity index (χ4v) is 4.38. The molecule has 0 saturated heterocycles. The summed E-state index contributed by atoms with van der Waals surface area (Å²) >= 11 is 1.58. The number of carbonyl (C=O) groups excluding carboxylic acids is 1. The van der Waals surface area contributed by atoms with E-state index in [0.717, 1.165) is 47.8 Å². The van der Waals surface area contributed by atoms with Crippen molar-refractivity contribution in [2.75, 3.05) is 18.9 Å². The molecule has 0 aromatic carbocycles. The highest BCUT2D eigenvalue weighted by molar-refractivity contribution is 7.15. The van der Waals surface area contributed by atoms with Crippen LogP contribution in [0.3, 0.4) is 0 Å². The van der Waals surface area contributed by atoms with Gasteiger partial charge in [0.05, 0.1) is 23.5 Å². The molecule has 0 spiro atoms. The molecule has 0 aliphatic carbocycles. The SMILES string of the molecule is Cc1nc2c(C)cccn2c1CC(=O)Nc1nc2c(s1)CN(C)CC2. The maximum absolute atomic E-state index is 12.5. The molecule has 0 bridgehead atoms. The first-order valence-corrected chi connectivity index (χ1v) is 9.23. The average molecular weight is 355 g/mol. The Labute approximate surface area is 150 Å². The number of hydrogen-bond acceptors (Lipinski definition) is 5. The number of thiazole rings is 1. The van der Waals surface area contributed by atoms with E-state index < -0.39 is 0 Å². The van der Waals surface area contributed by atoms with E-state index in [1.54, 1.807) is 11.3 Å². The third-order valence-corrected chi connectivity index (χ3v) is 5.64. The topological polar surface area (TPSA) is 62.5 Å². The molecule has 3 aromatic rings. The Balaban J connectivity index is 1.53. The predicted molar refractivity (Wildman–Crippen MR) is 99.2 cm³/mol. The number of rotatable bonds is 3. The number of amides is 1. The number of nitrogens with one attached hydrogen (secondary N) is 1. The summed E-state index contributed by atoms with van der Waals surface area (Å²) in [6.07, 6.45) is 3.20. The lowest BCUT2D eigenvalue weighted by molar-refractivity contribution is -0.115. The smallest absolute Gasteiger partial charge is 0.232 e. The molecule has 3 aromatic heterocycles. The average Bonchev–Trinajstić information content (AvgIpc) is 3.09. The van der Waals surface area contributed by atoms with Crippen molar-refractivity contribution in [3.8, 4) is 0 Å². The monoisotopic (exact) mass is 355 g/mol. The molecule has 1 aliphatic rings. The highest BCUT2D eigenvalue weighted by Crippen LogP contribution is 2.28. The lowest BCUT2D eigenvalue weighted by atomic mass is 10.2. The minimum Gasteiger partial charge on any atom is -0.303 e. The van der Waals surface area contributed by atoms with Gasteiger partial charge in [0.25, 0.3) is 0 Å². The van der Waals surface area contributed by atoms with Gasteiger partial charge in [-0.3, -0.25) is 4.79 Å². The summed E-state index contributed by atoms with van der Waals surface area (Å²) in [5.41, 5.74) is 4.96. The second-order valence-electron chi connectivity index (χ2n) is 6.63. The summed E-state index contributed by atoms with van der Waals surface area (Å²) in [5.74, 6) is -0.0501. The summed E-state index contributed by atoms with van der Waals surface area (Å²) in [7, 11) is 2.11. The number of fused-ring (bicyclic) bond motifs is 2. The molecule has 0 radical (unpaired) electrons. The highest BCUT2D eigenvalue weighted by Gasteiger charge is 2.20. The van der Waals surface area contributed by atoms with Gasteiger partial charge in [-0.15, -0.1) is 11.3 Å². The van der Waals surface area contributed by atoms with E-state index in [-0.39, 0.29) is 5.91 Å². The van der Waals surface area contributed by atoms with E-state index >= 15 is 0 Å². The van der Waals surface area contributed by atoms with Crippen LogP contribution in [0.5, 0.6) is 0 Å². The Kier molecular flexibility index (Phi) is 4.05. The lowest BCUT2D eigenvalue weighted by Crippen LogP contribution is -2.25. The number of aromatic nitrogens is 3. The summed E-state index contributed by atoms with van der Waals surface area (Å²) in [6, 6.07) is 4.01. The predicted octanol–water partition coefficient (Wildman–Crippen LogP) is 2.58. The molecular formula is C18H21N5OS. The van der Waals surface area contributed by atoms with Crippen LogP contribution < -0.4 is 5.32 Å². The summed E-state index contributed by atoms with van der Waals surface area (Å²) in [6.45, 7) is 5.91. The second kappa shape index (κ2) is 6.24. The highest BCUT2D eigenvalue weighted by atomic mass is 32.1. The van der Waals surface area contributed by atoms with Crippen LogP contribution in [0, 0.1) is 13.8 Å². The summed E-state index contributed by atoms with van der Waals surface area (Å²) < 4.78 is 2.01. The number of pyridine rings is 1. The van der Waals surface area contributed by atoms with Crippen molar-refractivity contribution in [3.63, 3.8) is 0 Å². The van der Waals surface area contributed by atoms with Crippen LogP contribution in [0.15, 0.2) is 18.3 Å². The molecule has 1 amide bonds. The lowest BCUT2D eigenvalue weighted by Gasteiger charge is -2.20. The van der Waals surface area contributed by atoms with Crippen molar-refractivity contribution >= 4 is 28.0 Å². The standard InChI is InChI=1S/C18H21N5OS/c1-11-5-4-7-23-14(12(2)19-17(11)23)9-16(24)21-18-20-13-6-8-22(3)10-15(13)25-18/h4-5,7H,6,8-10H2,1-3H3,(H,20,21,24). The Bertz CT molecular complexity index is 958. The van der Waals surface area contributed by atoms with Crippen LogP contribution in [-0.4, -0.2) is 38.8 Å². The van der Waals surface area contributed by atoms with Crippen molar-refractivity contribution < 1.29 is 4.79 Å². The van der Waals surface area contributed by atoms with Gasteiger partial charge >= 0.3 is 0 Å². The third kappa shape index (κ3) is 3.05. The van der Waals surface area contributed by atoms with Gasteiger partial charge in [-0.1, -0.05) is 6.07 Å². The third-order valence-electron chi connectivity index (χ3n) is 4.64. The minimum absolute atomic E-state index is 0.0501. The van der Waals surface area contributed by atoms with E-state index in [9.17, 15) is 4.79 Å². The largest absolute Gasteiger partial charge is 0.303 e. The van der Waals surface area contributed by atoms with Gasteiger partial charge in [-0.05, 0) is 32.5 Å². The molecule has 1 aliphatic heterocycles. The van der Waals surface area contributed by atoms with Gasteiger partial charge in [0, 0.05) is 30.6 Å². The van der Waals surface area contributed by atoms with Gasteiger partial charge in [0.1, 0.15) is 5.65 Å². The molecule has 1 N–H and O–H groups in total. The molecule has 0 atom stereocenters. The van der Waals surface area contributed by atoms with E-state index in [4.69, 9.17) is 0 Å². The number of likely N-dealkylation sites (N-methyl/N-ethyl adjacent to an activating group) is 1. The Morgan fingerprint density at radius 2 is 2.20 bits per heavy atom. The fraction of sp³-hybridized carbons (Fsp3) is 0.389. The number of imidazole rings is 1. The second-order valence-corrected chi connectivity index (χ2v) is 7.71. The molecular weight excluding hydrogens is 334 g/mol. The number of aryl methyl sites for hydroxylation is 2. The van der Waals surface area contributed by atoms with Gasteiger partial charge in [0.2, 0.25) is 5.91 Å². The van der Waals surface area contributed by atoms with Crippen LogP contribution in [0.4, 0.5) is 5.13 Å². The normalized spacial score (nSPS) is 14.7. The molecule has 25 heavy (non-hydrogen) atoms. The van der Waals surface area contributed by atoms with Gasteiger partial charge < -0.3 is 14.6 Å². The first-order chi connectivity index (χ1) is 12.0. The number of carbonyl (C=O) groups is 1. The zero-order valence-corrected chi connectivity index (χ0v) is 15.5. The Morgan fingerprint density at radius 3 is 3.04 bits per heavy atom. The molecule has 4 rings (SSSR count). The van der Waals surface area contributed by atoms with Gasteiger partial charge in [0.15, 0.2) is 5.13 Å². The van der Waals surface area contributed by atoms with E-state index in [0.29, 0.717) is 11.6 Å². The van der Waals surface area contributed by atoms with Crippen LogP contribution >= 0.6 is 11.3 Å². The van der Waals surface area contributed by atoms with Crippen LogP contribution in [0.1, 0.15) is 27.5 Å². The van der Waals surface area contributed by atoms with Crippen LogP contribution in [0.25, 0.3) is 5.65 Å². The van der Waals surface area contributed by atoms with Crippen molar-refractivity contribution in [1.82, 2.24) is 19.3 Å². The first kappa shape index (κ1) is 16.2. The molecule has 130 valence electrons. The van der Waals surface area contributed by atoms with Gasteiger partial charge in [-0.2, -0.15) is 0 Å². The maximum atomic E-state index is 12.5. The minimum atomic E-state index is -0.0501. The Morgan fingerprint density at radius 1 is 1.36 bits per heavy atom.